The normalized spacial score (nSPS) is 19.1. The van der Waals surface area contributed by atoms with Crippen molar-refractivity contribution in [1.82, 2.24) is 18.8 Å². The third kappa shape index (κ3) is 4.73. The van der Waals surface area contributed by atoms with Gasteiger partial charge in [0.15, 0.2) is 0 Å². The van der Waals surface area contributed by atoms with Crippen molar-refractivity contribution >= 4 is 44.3 Å². The molecule has 3 aromatic rings. The average molecular weight is 534 g/mol. The van der Waals surface area contributed by atoms with Crippen LogP contribution in [0, 0.1) is 6.92 Å². The van der Waals surface area contributed by atoms with Gasteiger partial charge >= 0.3 is 0 Å². The Morgan fingerprint density at radius 2 is 1.86 bits per heavy atom. The summed E-state index contributed by atoms with van der Waals surface area (Å²) in [6, 6.07) is 6.44. The summed E-state index contributed by atoms with van der Waals surface area (Å²) in [4.78, 5) is 22.0. The second-order valence-corrected chi connectivity index (χ2v) is 12.3. The molecule has 0 bridgehead atoms. The van der Waals surface area contributed by atoms with E-state index in [0.29, 0.717) is 28.2 Å². The highest BCUT2D eigenvalue weighted by Crippen LogP contribution is 2.33. The summed E-state index contributed by atoms with van der Waals surface area (Å²) in [5.41, 5.74) is 0.278. The van der Waals surface area contributed by atoms with Crippen LogP contribution in [-0.2, 0) is 10.0 Å². The molecule has 36 heavy (non-hydrogen) atoms. The topological polar surface area (TPSA) is 97.2 Å². The zero-order valence-electron chi connectivity index (χ0n) is 20.3. The van der Waals surface area contributed by atoms with Gasteiger partial charge in [0.2, 0.25) is 16.0 Å². The third-order valence-electron chi connectivity index (χ3n) is 7.27. The summed E-state index contributed by atoms with van der Waals surface area (Å²) in [5.74, 6) is 0.299. The van der Waals surface area contributed by atoms with Gasteiger partial charge in [0.1, 0.15) is 16.3 Å². The molecule has 2 aromatic heterocycles. The fraction of sp³-hybridized carbons (Fsp3) is 0.480. The number of nitrogens with zero attached hydrogens (tertiary/aromatic N) is 4. The Kier molecular flexibility index (Phi) is 6.55. The molecule has 1 aliphatic carbocycles. The third-order valence-corrected chi connectivity index (χ3v) is 9.43. The quantitative estimate of drug-likeness (QED) is 0.488. The summed E-state index contributed by atoms with van der Waals surface area (Å²) in [7, 11) is -3.72. The molecule has 2 fully saturated rings. The van der Waals surface area contributed by atoms with Gasteiger partial charge in [-0.2, -0.15) is 9.29 Å². The largest absolute Gasteiger partial charge is 0.324 e. The van der Waals surface area contributed by atoms with Crippen LogP contribution in [0.25, 0.3) is 11.0 Å². The van der Waals surface area contributed by atoms with Crippen LogP contribution < -0.4 is 10.9 Å². The predicted molar refractivity (Wildman–Crippen MR) is 138 cm³/mol. The molecule has 0 unspecified atom stereocenters. The van der Waals surface area contributed by atoms with Gasteiger partial charge in [0, 0.05) is 36.4 Å². The van der Waals surface area contributed by atoms with Crippen LogP contribution in [0.3, 0.4) is 0 Å². The number of nitrogens with one attached hydrogen (secondary N) is 1. The highest BCUT2D eigenvalue weighted by molar-refractivity contribution is 7.89. The maximum atomic E-state index is 14.1. The van der Waals surface area contributed by atoms with E-state index in [2.05, 4.69) is 15.3 Å². The van der Waals surface area contributed by atoms with E-state index in [9.17, 15) is 17.6 Å². The first-order valence-electron chi connectivity index (χ1n) is 12.2. The highest BCUT2D eigenvalue weighted by atomic mass is 35.5. The number of benzene rings is 1. The number of halogens is 2. The Balaban J connectivity index is 1.43. The Labute approximate surface area is 214 Å². The van der Waals surface area contributed by atoms with Crippen LogP contribution in [-0.4, -0.2) is 46.0 Å². The molecule has 192 valence electrons. The van der Waals surface area contributed by atoms with Crippen molar-refractivity contribution in [2.45, 2.75) is 69.0 Å². The van der Waals surface area contributed by atoms with Crippen molar-refractivity contribution in [3.05, 3.63) is 51.4 Å². The minimum atomic E-state index is -3.72. The average Bonchev–Trinajstić information content (AvgIpc) is 3.35. The van der Waals surface area contributed by atoms with Crippen molar-refractivity contribution in [1.29, 1.82) is 0 Å². The molecule has 0 radical (unpaired) electrons. The lowest BCUT2D eigenvalue weighted by Gasteiger charge is -2.33. The first-order chi connectivity index (χ1) is 17.0. The van der Waals surface area contributed by atoms with Crippen LogP contribution in [0.1, 0.15) is 57.1 Å². The monoisotopic (exact) mass is 533 g/mol. The van der Waals surface area contributed by atoms with E-state index < -0.39 is 15.7 Å². The van der Waals surface area contributed by atoms with E-state index in [0.717, 1.165) is 25.7 Å². The highest BCUT2D eigenvalue weighted by Gasteiger charge is 2.35. The molecule has 1 N–H and O–H groups in total. The van der Waals surface area contributed by atoms with Gasteiger partial charge in [-0.25, -0.2) is 17.8 Å². The fourth-order valence-corrected chi connectivity index (χ4v) is 6.78. The molecule has 0 spiro atoms. The van der Waals surface area contributed by atoms with Crippen molar-refractivity contribution in [3.63, 3.8) is 0 Å². The van der Waals surface area contributed by atoms with Crippen molar-refractivity contribution < 1.29 is 12.8 Å². The SMILES string of the molecule is Cc1cc(S(=O)(=O)N2CCC(C)(F)CC2)ccc1Nc1ncc2cc(Cl)c(=O)n(C3CCCC3)c2n1. The Hall–Kier alpha value is -2.56. The van der Waals surface area contributed by atoms with Gasteiger partial charge in [-0.3, -0.25) is 9.36 Å². The summed E-state index contributed by atoms with van der Waals surface area (Å²) < 4.78 is 43.4. The second kappa shape index (κ2) is 9.39. The lowest BCUT2D eigenvalue weighted by atomic mass is 9.97. The fourth-order valence-electron chi connectivity index (χ4n) is 5.05. The van der Waals surface area contributed by atoms with Gasteiger partial charge in [0.05, 0.1) is 4.90 Å². The molecule has 1 aliphatic heterocycles. The maximum Gasteiger partial charge on any atom is 0.271 e. The minimum absolute atomic E-state index is 0.0534. The van der Waals surface area contributed by atoms with Gasteiger partial charge in [-0.05, 0) is 69.4 Å². The first-order valence-corrected chi connectivity index (χ1v) is 14.0. The van der Waals surface area contributed by atoms with E-state index in [1.807, 2.05) is 0 Å². The molecule has 2 aliphatic rings. The van der Waals surface area contributed by atoms with Crippen LogP contribution in [0.5, 0.6) is 0 Å². The number of sulfonamides is 1. The molecular formula is C25H29ClFN5O3S. The number of piperidine rings is 1. The molecule has 1 aromatic carbocycles. The molecule has 3 heterocycles. The smallest absolute Gasteiger partial charge is 0.271 e. The zero-order valence-corrected chi connectivity index (χ0v) is 21.9. The van der Waals surface area contributed by atoms with Crippen molar-refractivity contribution in [2.24, 2.45) is 0 Å². The van der Waals surface area contributed by atoms with Crippen molar-refractivity contribution in [3.8, 4) is 0 Å². The molecule has 1 saturated heterocycles. The maximum absolute atomic E-state index is 14.1. The molecule has 5 rings (SSSR count). The van der Waals surface area contributed by atoms with E-state index in [4.69, 9.17) is 11.6 Å². The molecular weight excluding hydrogens is 505 g/mol. The zero-order chi connectivity index (χ0) is 25.7. The molecule has 1 saturated carbocycles. The summed E-state index contributed by atoms with van der Waals surface area (Å²) in [6.45, 7) is 3.63. The van der Waals surface area contributed by atoms with Crippen LogP contribution in [0.2, 0.25) is 5.02 Å². The lowest BCUT2D eigenvalue weighted by molar-refractivity contribution is 0.108. The van der Waals surface area contributed by atoms with Gasteiger partial charge < -0.3 is 5.32 Å². The van der Waals surface area contributed by atoms with Gasteiger partial charge in [-0.1, -0.05) is 24.4 Å². The standard InChI is InChI=1S/C25H29ClFN5O3S/c1-16-13-19(36(34,35)31-11-9-25(2,27)10-12-31)7-8-21(16)29-24-28-15-17-14-20(26)23(33)32(22(17)30-24)18-5-3-4-6-18/h7-8,13-15,18H,3-6,9-12H2,1-2H3,(H,28,29,30). The number of aromatic nitrogens is 3. The second-order valence-electron chi connectivity index (χ2n) is 10.00. The Bertz CT molecular complexity index is 1480. The van der Waals surface area contributed by atoms with Gasteiger partial charge in [-0.15, -0.1) is 0 Å². The number of hydrogen-bond donors (Lipinski definition) is 1. The number of pyridine rings is 1. The van der Waals surface area contributed by atoms with Gasteiger partial charge in [0.25, 0.3) is 5.56 Å². The molecule has 0 amide bonds. The van der Waals surface area contributed by atoms with E-state index in [-0.39, 0.29) is 47.5 Å². The van der Waals surface area contributed by atoms with E-state index in [1.54, 1.807) is 35.9 Å². The Morgan fingerprint density at radius 1 is 1.17 bits per heavy atom. The molecule has 8 nitrogen and oxygen atoms in total. The summed E-state index contributed by atoms with van der Waals surface area (Å²) in [5, 5.41) is 3.99. The van der Waals surface area contributed by atoms with E-state index in [1.165, 1.54) is 17.3 Å². The van der Waals surface area contributed by atoms with E-state index >= 15 is 0 Å². The Morgan fingerprint density at radius 3 is 2.53 bits per heavy atom. The number of aryl methyl sites for hydroxylation is 1. The summed E-state index contributed by atoms with van der Waals surface area (Å²) in [6.07, 6.45) is 5.91. The molecule has 0 atom stereocenters. The van der Waals surface area contributed by atoms with Crippen molar-refractivity contribution in [2.75, 3.05) is 18.4 Å². The minimum Gasteiger partial charge on any atom is -0.324 e. The van der Waals surface area contributed by atoms with Crippen LogP contribution >= 0.6 is 11.6 Å². The van der Waals surface area contributed by atoms with Crippen LogP contribution in [0.4, 0.5) is 16.0 Å². The molecule has 11 heteroatoms. The number of fused-ring (bicyclic) bond motifs is 1. The number of rotatable bonds is 5. The van der Waals surface area contributed by atoms with Crippen LogP contribution in [0.15, 0.2) is 40.2 Å². The summed E-state index contributed by atoms with van der Waals surface area (Å²) >= 11 is 6.21. The lowest BCUT2D eigenvalue weighted by Crippen LogP contribution is -2.43. The number of alkyl halides is 1. The number of anilines is 2. The number of hydrogen-bond acceptors (Lipinski definition) is 6. The first kappa shape index (κ1) is 25.1. The predicted octanol–water partition coefficient (Wildman–Crippen LogP) is 5.12.